The number of carbonyl (C=O) groups is 1. The van der Waals surface area contributed by atoms with Crippen LogP contribution in [0.5, 0.6) is 0 Å². The lowest BCUT2D eigenvalue weighted by Gasteiger charge is -2.33. The zero-order valence-corrected chi connectivity index (χ0v) is 18.0. The molecule has 0 aromatic carbocycles. The lowest BCUT2D eigenvalue weighted by molar-refractivity contribution is 0.0991. The van der Waals surface area contributed by atoms with Crippen LogP contribution >= 0.6 is 11.3 Å². The lowest BCUT2D eigenvalue weighted by atomic mass is 10.1. The molecule has 156 valence electrons. The number of aromatic nitrogens is 4. The summed E-state index contributed by atoms with van der Waals surface area (Å²) in [5.41, 5.74) is 4.80. The number of thiazole rings is 1. The minimum absolute atomic E-state index is 0.00267. The molecule has 31 heavy (non-hydrogen) atoms. The molecule has 1 aliphatic heterocycles. The van der Waals surface area contributed by atoms with Crippen LogP contribution in [0, 0.1) is 0 Å². The smallest absolute Gasteiger partial charge is 0.170 e. The Morgan fingerprint density at radius 2 is 1.90 bits per heavy atom. The summed E-state index contributed by atoms with van der Waals surface area (Å²) < 4.78 is 0. The van der Waals surface area contributed by atoms with E-state index in [1.165, 1.54) is 0 Å². The van der Waals surface area contributed by atoms with Gasteiger partial charge in [-0.1, -0.05) is 0 Å². The van der Waals surface area contributed by atoms with Crippen molar-refractivity contribution >= 4 is 33.8 Å². The molecule has 4 aromatic rings. The van der Waals surface area contributed by atoms with Gasteiger partial charge in [0, 0.05) is 55.7 Å². The van der Waals surface area contributed by atoms with Gasteiger partial charge in [-0.25, -0.2) is 9.97 Å². The van der Waals surface area contributed by atoms with E-state index < -0.39 is 0 Å². The predicted molar refractivity (Wildman–Crippen MR) is 123 cm³/mol. The van der Waals surface area contributed by atoms with Crippen molar-refractivity contribution in [2.45, 2.75) is 6.42 Å². The van der Waals surface area contributed by atoms with Gasteiger partial charge in [0.05, 0.1) is 33.7 Å². The Labute approximate surface area is 184 Å². The summed E-state index contributed by atoms with van der Waals surface area (Å²) in [5.74, 6) is 0.927. The van der Waals surface area contributed by atoms with Crippen LogP contribution in [0.2, 0.25) is 0 Å². The SMILES string of the molecule is CN1CCN(c2ccc(C(=O)Cc3cc4nc(-c5cncs5)ccc4cn3)cn2)CC1. The third-order valence-electron chi connectivity index (χ3n) is 5.55. The van der Waals surface area contributed by atoms with E-state index in [0.29, 0.717) is 11.3 Å². The van der Waals surface area contributed by atoms with E-state index in [0.717, 1.165) is 53.5 Å². The van der Waals surface area contributed by atoms with E-state index in [1.807, 2.05) is 36.5 Å². The molecule has 7 nitrogen and oxygen atoms in total. The summed E-state index contributed by atoms with van der Waals surface area (Å²) in [6.07, 6.45) is 5.48. The Hall–Kier alpha value is -3.23. The fourth-order valence-corrected chi connectivity index (χ4v) is 4.27. The average Bonchev–Trinajstić information content (AvgIpc) is 3.34. The summed E-state index contributed by atoms with van der Waals surface area (Å²) in [4.78, 5) is 36.2. The number of rotatable bonds is 5. The van der Waals surface area contributed by atoms with E-state index in [4.69, 9.17) is 4.98 Å². The summed E-state index contributed by atoms with van der Waals surface area (Å²) in [5, 5.41) is 0.947. The molecular formula is C23H22N6OS. The minimum Gasteiger partial charge on any atom is -0.354 e. The van der Waals surface area contributed by atoms with Gasteiger partial charge in [0.15, 0.2) is 5.78 Å². The van der Waals surface area contributed by atoms with Crippen LogP contribution in [0.15, 0.2) is 54.4 Å². The first-order valence-electron chi connectivity index (χ1n) is 10.2. The molecule has 4 aromatic heterocycles. The van der Waals surface area contributed by atoms with Crippen LogP contribution in [0.25, 0.3) is 21.5 Å². The zero-order chi connectivity index (χ0) is 21.2. The molecule has 8 heteroatoms. The number of hydrogen-bond acceptors (Lipinski definition) is 8. The predicted octanol–water partition coefficient (Wildman–Crippen LogP) is 3.33. The van der Waals surface area contributed by atoms with Crippen molar-refractivity contribution in [1.82, 2.24) is 24.8 Å². The Morgan fingerprint density at radius 1 is 1.03 bits per heavy atom. The number of hydrogen-bond donors (Lipinski definition) is 0. The Morgan fingerprint density at radius 3 is 2.65 bits per heavy atom. The van der Waals surface area contributed by atoms with Crippen LogP contribution < -0.4 is 4.90 Å². The topological polar surface area (TPSA) is 75.1 Å². The summed E-state index contributed by atoms with van der Waals surface area (Å²) in [7, 11) is 2.13. The van der Waals surface area contributed by atoms with Crippen LogP contribution in [0.1, 0.15) is 16.1 Å². The Kier molecular flexibility index (Phi) is 5.40. The molecule has 5 rings (SSSR count). The summed E-state index contributed by atoms with van der Waals surface area (Å²) in [6, 6.07) is 9.66. The third-order valence-corrected chi connectivity index (χ3v) is 6.35. The van der Waals surface area contributed by atoms with Crippen LogP contribution in [0.4, 0.5) is 5.82 Å². The molecule has 0 spiro atoms. The van der Waals surface area contributed by atoms with Gasteiger partial charge >= 0.3 is 0 Å². The standard InChI is InChI=1S/C23H22N6OS/c1-28-6-8-29(9-7-28)23-5-3-17(13-26-23)21(30)11-18-10-20-16(12-25-18)2-4-19(27-20)22-14-24-15-31-22/h2-5,10,12-15H,6-9,11H2,1H3. The van der Waals surface area contributed by atoms with Gasteiger partial charge in [-0.3, -0.25) is 14.8 Å². The molecule has 0 atom stereocenters. The number of pyridine rings is 3. The highest BCUT2D eigenvalue weighted by molar-refractivity contribution is 7.13. The van der Waals surface area contributed by atoms with Gasteiger partial charge in [0.2, 0.25) is 0 Å². The normalized spacial score (nSPS) is 14.8. The van der Waals surface area contributed by atoms with Crippen molar-refractivity contribution < 1.29 is 4.79 Å². The number of likely N-dealkylation sites (N-methyl/N-ethyl adjacent to an activating group) is 1. The second-order valence-electron chi connectivity index (χ2n) is 7.73. The molecule has 1 fully saturated rings. The second-order valence-corrected chi connectivity index (χ2v) is 8.61. The maximum absolute atomic E-state index is 12.8. The molecule has 5 heterocycles. The first-order valence-corrected chi connectivity index (χ1v) is 11.1. The third kappa shape index (κ3) is 4.30. The number of carbonyl (C=O) groups excluding carboxylic acids is 1. The quantitative estimate of drug-likeness (QED) is 0.450. The number of ketones is 1. The number of piperazine rings is 1. The molecule has 1 saturated heterocycles. The van der Waals surface area contributed by atoms with E-state index in [-0.39, 0.29) is 12.2 Å². The number of fused-ring (bicyclic) bond motifs is 1. The number of anilines is 1. The van der Waals surface area contributed by atoms with Crippen LogP contribution in [-0.4, -0.2) is 63.8 Å². The van der Waals surface area contributed by atoms with Crippen LogP contribution in [-0.2, 0) is 6.42 Å². The highest BCUT2D eigenvalue weighted by Gasteiger charge is 2.16. The minimum atomic E-state index is 0.00267. The first kappa shape index (κ1) is 19.7. The largest absolute Gasteiger partial charge is 0.354 e. The molecule has 1 aliphatic rings. The molecule has 0 unspecified atom stereocenters. The average molecular weight is 431 g/mol. The van der Waals surface area contributed by atoms with Crippen LogP contribution in [0.3, 0.4) is 0 Å². The molecular weight excluding hydrogens is 408 g/mol. The second kappa shape index (κ2) is 8.49. The summed E-state index contributed by atoms with van der Waals surface area (Å²) >= 11 is 1.55. The van der Waals surface area contributed by atoms with Crippen molar-refractivity contribution in [2.24, 2.45) is 0 Å². The van der Waals surface area contributed by atoms with Gasteiger partial charge in [0.25, 0.3) is 0 Å². The molecule has 0 bridgehead atoms. The Bertz CT molecular complexity index is 1200. The fourth-order valence-electron chi connectivity index (χ4n) is 3.67. The highest BCUT2D eigenvalue weighted by Crippen LogP contribution is 2.24. The van der Waals surface area contributed by atoms with E-state index in [1.54, 1.807) is 29.2 Å². The van der Waals surface area contributed by atoms with E-state index >= 15 is 0 Å². The molecule has 0 amide bonds. The molecule has 0 saturated carbocycles. The monoisotopic (exact) mass is 430 g/mol. The van der Waals surface area contributed by atoms with Gasteiger partial charge < -0.3 is 9.80 Å². The lowest BCUT2D eigenvalue weighted by Crippen LogP contribution is -2.44. The maximum Gasteiger partial charge on any atom is 0.170 e. The first-order chi connectivity index (χ1) is 15.2. The maximum atomic E-state index is 12.8. The van der Waals surface area contributed by atoms with Gasteiger partial charge in [-0.15, -0.1) is 11.3 Å². The Balaban J connectivity index is 1.31. The van der Waals surface area contributed by atoms with Crippen molar-refractivity contribution in [3.63, 3.8) is 0 Å². The molecule has 0 aliphatic carbocycles. The van der Waals surface area contributed by atoms with E-state index in [9.17, 15) is 4.79 Å². The fraction of sp³-hybridized carbons (Fsp3) is 0.261. The van der Waals surface area contributed by atoms with Crippen molar-refractivity contribution in [3.8, 4) is 10.6 Å². The highest BCUT2D eigenvalue weighted by atomic mass is 32.1. The van der Waals surface area contributed by atoms with Crippen molar-refractivity contribution in [2.75, 3.05) is 38.1 Å². The summed E-state index contributed by atoms with van der Waals surface area (Å²) in [6.45, 7) is 3.95. The van der Waals surface area contributed by atoms with Crippen molar-refractivity contribution in [1.29, 1.82) is 0 Å². The number of nitrogens with zero attached hydrogens (tertiary/aromatic N) is 6. The van der Waals surface area contributed by atoms with Gasteiger partial charge in [-0.2, -0.15) is 0 Å². The van der Waals surface area contributed by atoms with E-state index in [2.05, 4.69) is 31.8 Å². The zero-order valence-electron chi connectivity index (χ0n) is 17.2. The van der Waals surface area contributed by atoms with Gasteiger partial charge in [0.1, 0.15) is 5.82 Å². The van der Waals surface area contributed by atoms with Gasteiger partial charge in [-0.05, 0) is 37.4 Å². The molecule has 0 radical (unpaired) electrons. The molecule has 0 N–H and O–H groups in total. The van der Waals surface area contributed by atoms with Crippen molar-refractivity contribution in [3.05, 3.63) is 65.7 Å². The number of Topliss-reactive ketones (excluding diaryl/α,β-unsaturated/α-hetero) is 1.